The Hall–Kier alpha value is -1.58. The molecule has 3 nitrogen and oxygen atoms in total. The first-order valence-electron chi connectivity index (χ1n) is 7.68. The number of rotatable bonds is 1. The zero-order valence-corrected chi connectivity index (χ0v) is 13.1. The third-order valence-electron chi connectivity index (χ3n) is 4.77. The lowest BCUT2D eigenvalue weighted by molar-refractivity contribution is 0.118. The molecule has 0 bridgehead atoms. The van der Waals surface area contributed by atoms with E-state index in [0.717, 1.165) is 12.8 Å². The van der Waals surface area contributed by atoms with Crippen LogP contribution in [0.3, 0.4) is 0 Å². The van der Waals surface area contributed by atoms with Crippen molar-refractivity contribution in [2.75, 3.05) is 11.4 Å². The van der Waals surface area contributed by atoms with Gasteiger partial charge in [-0.1, -0.05) is 32.9 Å². The summed E-state index contributed by atoms with van der Waals surface area (Å²) < 4.78 is 14.3. The van der Waals surface area contributed by atoms with Crippen LogP contribution in [0.4, 0.5) is 10.1 Å². The maximum absolute atomic E-state index is 14.3. The van der Waals surface area contributed by atoms with Crippen molar-refractivity contribution >= 4 is 11.6 Å². The number of para-hydroxylation sites is 1. The summed E-state index contributed by atoms with van der Waals surface area (Å²) in [4.78, 5) is 6.42. The van der Waals surface area contributed by atoms with Gasteiger partial charge in [-0.05, 0) is 42.7 Å². The Morgan fingerprint density at radius 2 is 2.00 bits per heavy atom. The van der Waals surface area contributed by atoms with Gasteiger partial charge in [0.25, 0.3) is 0 Å². The molecule has 1 aromatic carbocycles. The molecule has 1 fully saturated rings. The van der Waals surface area contributed by atoms with Crippen molar-refractivity contribution in [3.05, 3.63) is 30.1 Å². The molecule has 2 unspecified atom stereocenters. The van der Waals surface area contributed by atoms with Crippen LogP contribution in [0.15, 0.2) is 29.3 Å². The van der Waals surface area contributed by atoms with E-state index in [1.807, 2.05) is 11.0 Å². The molecule has 4 heteroatoms. The second-order valence-electron chi connectivity index (χ2n) is 7.54. The second kappa shape index (κ2) is 4.72. The molecule has 2 atom stereocenters. The van der Waals surface area contributed by atoms with Gasteiger partial charge >= 0.3 is 0 Å². The van der Waals surface area contributed by atoms with Crippen molar-refractivity contribution in [1.82, 2.24) is 0 Å². The summed E-state index contributed by atoms with van der Waals surface area (Å²) in [7, 11) is 0. The first-order valence-corrected chi connectivity index (χ1v) is 7.68. The number of nitrogens with zero attached hydrogens (tertiary/aromatic N) is 2. The number of halogens is 1. The average Bonchev–Trinajstić information content (AvgIpc) is 2.64. The molecule has 1 aromatic rings. The quantitative estimate of drug-likeness (QED) is 0.859. The average molecular weight is 289 g/mol. The van der Waals surface area contributed by atoms with Crippen LogP contribution in [0.25, 0.3) is 0 Å². The SMILES string of the molecule is CC1CC(C)(C)CC2(CN=C(N)N2c2ccccc2F)C1. The maximum atomic E-state index is 14.3. The Morgan fingerprint density at radius 1 is 1.29 bits per heavy atom. The van der Waals surface area contributed by atoms with Gasteiger partial charge in [0.1, 0.15) is 5.82 Å². The molecule has 1 aliphatic heterocycles. The summed E-state index contributed by atoms with van der Waals surface area (Å²) in [5, 5.41) is 0. The molecule has 1 saturated carbocycles. The summed E-state index contributed by atoms with van der Waals surface area (Å²) in [5.41, 5.74) is 6.74. The molecule has 2 aliphatic rings. The highest BCUT2D eigenvalue weighted by Crippen LogP contribution is 2.49. The van der Waals surface area contributed by atoms with Crippen LogP contribution in [0.5, 0.6) is 0 Å². The standard InChI is InChI=1S/C17H24FN3/c1-12-8-16(2,3)10-17(9-12)11-20-15(19)21(17)14-7-5-4-6-13(14)18/h4-7,12H,8-11H2,1-3H3,(H2,19,20). The van der Waals surface area contributed by atoms with Gasteiger partial charge in [0, 0.05) is 0 Å². The number of guanidine groups is 1. The van der Waals surface area contributed by atoms with Crippen molar-refractivity contribution in [2.45, 2.75) is 45.6 Å². The lowest BCUT2D eigenvalue weighted by Crippen LogP contribution is -2.57. The van der Waals surface area contributed by atoms with Crippen molar-refractivity contribution in [1.29, 1.82) is 0 Å². The third kappa shape index (κ3) is 2.41. The van der Waals surface area contributed by atoms with Gasteiger partial charge in [0.2, 0.25) is 0 Å². The number of benzene rings is 1. The molecule has 0 saturated heterocycles. The van der Waals surface area contributed by atoms with Crippen LogP contribution in [-0.4, -0.2) is 18.0 Å². The van der Waals surface area contributed by atoms with Crippen LogP contribution in [-0.2, 0) is 0 Å². The van der Waals surface area contributed by atoms with Crippen molar-refractivity contribution in [2.24, 2.45) is 22.1 Å². The predicted molar refractivity (Wildman–Crippen MR) is 84.9 cm³/mol. The Bertz CT molecular complexity index is 581. The van der Waals surface area contributed by atoms with Crippen LogP contribution >= 0.6 is 0 Å². The number of hydrogen-bond acceptors (Lipinski definition) is 3. The molecule has 114 valence electrons. The first-order chi connectivity index (χ1) is 9.83. The second-order valence-corrected chi connectivity index (χ2v) is 7.54. The van der Waals surface area contributed by atoms with Crippen molar-refractivity contribution in [3.8, 4) is 0 Å². The first kappa shape index (κ1) is 14.4. The van der Waals surface area contributed by atoms with E-state index in [-0.39, 0.29) is 16.8 Å². The highest BCUT2D eigenvalue weighted by Gasteiger charge is 2.50. The molecule has 3 rings (SSSR count). The minimum atomic E-state index is -0.229. The highest BCUT2D eigenvalue weighted by atomic mass is 19.1. The maximum Gasteiger partial charge on any atom is 0.196 e. The van der Waals surface area contributed by atoms with Gasteiger partial charge in [0.15, 0.2) is 5.96 Å². The van der Waals surface area contributed by atoms with Gasteiger partial charge in [-0.25, -0.2) is 4.39 Å². The fourth-order valence-corrected chi connectivity index (χ4v) is 4.61. The minimum Gasteiger partial charge on any atom is -0.369 e. The zero-order valence-electron chi connectivity index (χ0n) is 13.1. The predicted octanol–water partition coefficient (Wildman–Crippen LogP) is 3.55. The zero-order chi connectivity index (χ0) is 15.3. The molecule has 2 N–H and O–H groups in total. The van der Waals surface area contributed by atoms with Gasteiger partial charge < -0.3 is 10.6 Å². The van der Waals surface area contributed by atoms with E-state index in [2.05, 4.69) is 25.8 Å². The fourth-order valence-electron chi connectivity index (χ4n) is 4.61. The molecule has 21 heavy (non-hydrogen) atoms. The van der Waals surface area contributed by atoms with Crippen molar-refractivity contribution in [3.63, 3.8) is 0 Å². The normalized spacial score (nSPS) is 31.5. The molecular formula is C17H24FN3. The molecule has 0 aromatic heterocycles. The lowest BCUT2D eigenvalue weighted by Gasteiger charge is -2.50. The topological polar surface area (TPSA) is 41.6 Å². The Morgan fingerprint density at radius 3 is 2.67 bits per heavy atom. The Kier molecular flexibility index (Phi) is 3.23. The van der Waals surface area contributed by atoms with E-state index >= 15 is 0 Å². The Balaban J connectivity index is 2.05. The van der Waals surface area contributed by atoms with Crippen LogP contribution in [0, 0.1) is 17.2 Å². The largest absolute Gasteiger partial charge is 0.369 e. The molecular weight excluding hydrogens is 265 g/mol. The highest BCUT2D eigenvalue weighted by molar-refractivity contribution is 5.98. The van der Waals surface area contributed by atoms with Gasteiger partial charge in [-0.3, -0.25) is 4.99 Å². The van der Waals surface area contributed by atoms with Gasteiger partial charge in [-0.15, -0.1) is 0 Å². The summed E-state index contributed by atoms with van der Waals surface area (Å²) in [5.74, 6) is 0.807. The number of anilines is 1. The molecule has 1 aliphatic carbocycles. The van der Waals surface area contributed by atoms with Crippen molar-refractivity contribution < 1.29 is 4.39 Å². The third-order valence-corrected chi connectivity index (χ3v) is 4.77. The van der Waals surface area contributed by atoms with Gasteiger partial charge in [0.05, 0.1) is 17.8 Å². The summed E-state index contributed by atoms with van der Waals surface area (Å²) in [6.07, 6.45) is 3.19. The number of nitrogens with two attached hydrogens (primary N) is 1. The minimum absolute atomic E-state index is 0.173. The summed E-state index contributed by atoms with van der Waals surface area (Å²) in [6.45, 7) is 7.52. The fraction of sp³-hybridized carbons (Fsp3) is 0.588. The number of aliphatic imine (C=N–C) groups is 1. The van der Waals surface area contributed by atoms with Gasteiger partial charge in [-0.2, -0.15) is 0 Å². The van der Waals surface area contributed by atoms with E-state index in [0.29, 0.717) is 24.1 Å². The van der Waals surface area contributed by atoms with E-state index < -0.39 is 0 Å². The summed E-state index contributed by atoms with van der Waals surface area (Å²) in [6, 6.07) is 6.86. The molecule has 0 amide bonds. The number of hydrogen-bond donors (Lipinski definition) is 1. The van der Waals surface area contributed by atoms with E-state index in [9.17, 15) is 4.39 Å². The smallest absolute Gasteiger partial charge is 0.196 e. The molecule has 1 spiro atoms. The van der Waals surface area contributed by atoms with E-state index in [1.54, 1.807) is 12.1 Å². The molecule has 0 radical (unpaired) electrons. The van der Waals surface area contributed by atoms with Crippen LogP contribution in [0.2, 0.25) is 0 Å². The van der Waals surface area contributed by atoms with E-state index in [4.69, 9.17) is 5.73 Å². The molecule has 1 heterocycles. The Labute approximate surface area is 126 Å². The monoisotopic (exact) mass is 289 g/mol. The van der Waals surface area contributed by atoms with Crippen LogP contribution < -0.4 is 10.6 Å². The van der Waals surface area contributed by atoms with Crippen LogP contribution in [0.1, 0.15) is 40.0 Å². The summed E-state index contributed by atoms with van der Waals surface area (Å²) >= 11 is 0. The lowest BCUT2D eigenvalue weighted by atomic mass is 9.64. The van der Waals surface area contributed by atoms with E-state index in [1.165, 1.54) is 12.5 Å².